The minimum absolute atomic E-state index is 0.514. The number of primary amides is 2. The first-order valence-electron chi connectivity index (χ1n) is 23.9. The van der Waals surface area contributed by atoms with Crippen LogP contribution in [0.4, 0.5) is 0 Å². The van der Waals surface area contributed by atoms with Crippen molar-refractivity contribution in [2.24, 2.45) is 11.5 Å². The van der Waals surface area contributed by atoms with Crippen LogP contribution in [0.25, 0.3) is 0 Å². The van der Waals surface area contributed by atoms with Crippen molar-refractivity contribution >= 4 is 11.8 Å². The van der Waals surface area contributed by atoms with Crippen LogP contribution in [0.2, 0.25) is 0 Å². The van der Waals surface area contributed by atoms with Gasteiger partial charge in [0.1, 0.15) is 153 Å². The van der Waals surface area contributed by atoms with Crippen molar-refractivity contribution < 1.29 is 158 Å². The predicted molar refractivity (Wildman–Crippen MR) is 226 cm³/mol. The van der Waals surface area contributed by atoms with E-state index in [1.54, 1.807) is 0 Å². The Morgan fingerprint density at radius 1 is 0.347 bits per heavy atom. The summed E-state index contributed by atoms with van der Waals surface area (Å²) in [4.78, 5) is 24.4. The van der Waals surface area contributed by atoms with Crippen LogP contribution >= 0.6 is 0 Å². The van der Waals surface area contributed by atoms with E-state index in [9.17, 15) is 96.4 Å². The fraction of sp³-hybridized carbons (Fsp3) is 0.951. The predicted octanol–water partition coefficient (Wildman–Crippen LogP) is -13.9. The standard InChI is InChI=1S/C41H68N2O32/c42-16(50)2-1-9(35(43)62)63-34-27(61)41-69-15(8-49)33(34)75-40-26(60)21(55)31(13(6-47)68-40)73-38-24(58)19(53)29(11(4-45)66-38)71-36-22(56)17(51)28(10(3-44)64-36)70-37-23(57)18(52)30(12(5-46)65-37)72-39-25(59)20(54)32(74-41)14(7-48)67-39/h9-15,17-34,36-41,44-49,51-61H,1-8H2,(H2,42,50)(H2,43,62)/t9?,10-,11-,12-,13-,14-,15-,17-,18-,19-,20-,21-,22-,23-,24-,25-,26-,27-,28-,29-,30-,31-,32-,33+,34-,36-,37-,38-,39-,40-,41-/m1/s1. The summed E-state index contributed by atoms with van der Waals surface area (Å²) in [5, 5.41) is 188. The molecule has 75 heavy (non-hydrogen) atoms. The fourth-order valence-corrected chi connectivity index (χ4v) is 9.81. The van der Waals surface area contributed by atoms with Gasteiger partial charge in [-0.1, -0.05) is 0 Å². The lowest BCUT2D eigenvalue weighted by Gasteiger charge is -2.51. The second-order valence-corrected chi connectivity index (χ2v) is 18.9. The summed E-state index contributed by atoms with van der Waals surface area (Å²) in [6, 6.07) is 0. The molecule has 0 aromatic heterocycles. The molecule has 0 saturated carbocycles. The first kappa shape index (κ1) is 60.4. The lowest BCUT2D eigenvalue weighted by Crippen LogP contribution is -2.69. The number of hydrogen-bond donors (Lipinski definition) is 19. The Labute approximate surface area is 423 Å². The maximum absolute atomic E-state index is 12.7. The van der Waals surface area contributed by atoms with Crippen molar-refractivity contribution in [3.8, 4) is 0 Å². The van der Waals surface area contributed by atoms with Gasteiger partial charge in [-0.15, -0.1) is 0 Å². The highest BCUT2D eigenvalue weighted by Crippen LogP contribution is 2.39. The molecule has 31 atom stereocenters. The van der Waals surface area contributed by atoms with E-state index in [1.807, 2.05) is 0 Å². The fourth-order valence-electron chi connectivity index (χ4n) is 9.81. The maximum atomic E-state index is 12.7. The molecule has 34 heteroatoms. The number of aliphatic hydroxyl groups excluding tert-OH is 17. The molecule has 434 valence electrons. The summed E-state index contributed by atoms with van der Waals surface area (Å²) < 4.78 is 74.9. The molecule has 22 aliphatic rings. The quantitative estimate of drug-likeness (QED) is 0.0863. The Morgan fingerprint density at radius 2 is 0.573 bits per heavy atom. The van der Waals surface area contributed by atoms with E-state index in [0.29, 0.717) is 0 Å². The largest absolute Gasteiger partial charge is 0.394 e. The molecule has 34 nitrogen and oxygen atoms in total. The van der Waals surface area contributed by atoms with Crippen molar-refractivity contribution in [2.45, 2.75) is 203 Å². The van der Waals surface area contributed by atoms with Crippen molar-refractivity contribution in [3.05, 3.63) is 0 Å². The summed E-state index contributed by atoms with van der Waals surface area (Å²) in [5.74, 6) is -2.16. The van der Waals surface area contributed by atoms with Gasteiger partial charge in [0.2, 0.25) is 11.8 Å². The topological polar surface area (TPSA) is 550 Å². The molecule has 0 aliphatic carbocycles. The number of ether oxygens (including phenoxy) is 13. The maximum Gasteiger partial charge on any atom is 0.246 e. The molecular formula is C41H68N2O32. The lowest BCUT2D eigenvalue weighted by atomic mass is 9.94. The van der Waals surface area contributed by atoms with E-state index in [4.69, 9.17) is 73.0 Å². The summed E-state index contributed by atoms with van der Waals surface area (Å²) in [6.45, 7) is -6.36. The van der Waals surface area contributed by atoms with Gasteiger partial charge in [-0.3, -0.25) is 9.59 Å². The van der Waals surface area contributed by atoms with E-state index >= 15 is 0 Å². The van der Waals surface area contributed by atoms with Crippen LogP contribution in [-0.2, 0) is 71.2 Å². The average molecular weight is 1100 g/mol. The van der Waals surface area contributed by atoms with Crippen LogP contribution in [0.1, 0.15) is 12.8 Å². The average Bonchev–Trinajstić information content (AvgIpc) is 3.38. The third-order valence-electron chi connectivity index (χ3n) is 13.9. The summed E-state index contributed by atoms with van der Waals surface area (Å²) in [5.41, 5.74) is 10.9. The van der Waals surface area contributed by atoms with E-state index in [0.717, 1.165) is 0 Å². The van der Waals surface area contributed by atoms with Gasteiger partial charge >= 0.3 is 0 Å². The van der Waals surface area contributed by atoms with Crippen LogP contribution in [0, 0.1) is 0 Å². The monoisotopic (exact) mass is 1100 g/mol. The van der Waals surface area contributed by atoms with Gasteiger partial charge in [-0.05, 0) is 6.42 Å². The highest BCUT2D eigenvalue weighted by atomic mass is 16.8. The third-order valence-corrected chi connectivity index (χ3v) is 13.9. The molecule has 21 N–H and O–H groups in total. The lowest BCUT2D eigenvalue weighted by molar-refractivity contribution is -0.405. The number of rotatable bonds is 12. The summed E-state index contributed by atoms with van der Waals surface area (Å²) in [7, 11) is 0. The minimum atomic E-state index is -2.26. The van der Waals surface area contributed by atoms with Crippen molar-refractivity contribution in [1.82, 2.24) is 0 Å². The molecule has 22 aliphatic heterocycles. The SMILES string of the molecule is NC(=O)CCC(O[C@@H]1[C@@H](O)[C@H]2O[C@H]3[C@H](O)[C@@H](O)[C@@H](O[C@H]4[C@H](O)[C@@H](O)[C@@H](O[C@H]5[C@H](O)[C@@H](O)[C@@H](O[C@H]6[C@H](O)[C@@H](O)[C@@H](O[C@H]7[C@H](O)[C@@H](O)[C@@H](O[C@H]1[C@@H](CO)O2)O[C@@H]7CO)O[C@@H]6CO)O[C@@H]5CO)O[C@@H]4CO)O[C@@H]3CO)C(N)=O. The first-order chi connectivity index (χ1) is 35.6. The Bertz CT molecular complexity index is 1820. The molecular weight excluding hydrogens is 1030 g/mol. The van der Waals surface area contributed by atoms with Crippen LogP contribution < -0.4 is 11.5 Å². The van der Waals surface area contributed by atoms with E-state index in [1.165, 1.54) is 0 Å². The highest BCUT2D eigenvalue weighted by molar-refractivity contribution is 5.80. The van der Waals surface area contributed by atoms with Crippen LogP contribution in [0.3, 0.4) is 0 Å². The number of amides is 2. The van der Waals surface area contributed by atoms with Gasteiger partial charge in [0.15, 0.2) is 37.7 Å². The Hall–Kier alpha value is -2.26. The Kier molecular flexibility index (Phi) is 20.8. The molecule has 22 fully saturated rings. The second kappa shape index (κ2) is 25.9. The van der Waals surface area contributed by atoms with Gasteiger partial charge in [-0.2, -0.15) is 0 Å². The van der Waals surface area contributed by atoms with E-state index in [-0.39, 0.29) is 0 Å². The molecule has 0 aromatic carbocycles. The minimum Gasteiger partial charge on any atom is -0.394 e. The normalized spacial score (nSPS) is 50.5. The molecule has 2 amide bonds. The zero-order chi connectivity index (χ0) is 54.9. The van der Waals surface area contributed by atoms with Crippen LogP contribution in [0.15, 0.2) is 0 Å². The molecule has 0 radical (unpaired) electrons. The smallest absolute Gasteiger partial charge is 0.246 e. The Morgan fingerprint density at radius 3 is 0.800 bits per heavy atom. The number of carbonyl (C=O) groups excluding carboxylic acids is 2. The van der Waals surface area contributed by atoms with Crippen molar-refractivity contribution in [2.75, 3.05) is 39.6 Å². The number of carbonyl (C=O) groups is 2. The zero-order valence-corrected chi connectivity index (χ0v) is 39.4. The molecule has 0 aromatic rings. The molecule has 22 rings (SSSR count). The Balaban J connectivity index is 1.24. The molecule has 0 spiro atoms. The third kappa shape index (κ3) is 12.6. The molecule has 1 unspecified atom stereocenters. The molecule has 22 heterocycles. The van der Waals surface area contributed by atoms with Gasteiger partial charge in [-0.25, -0.2) is 0 Å². The number of nitrogens with two attached hydrogens (primary N) is 2. The van der Waals surface area contributed by atoms with E-state index < -0.39 is 255 Å². The molecule has 12 bridgehead atoms. The second-order valence-electron chi connectivity index (χ2n) is 18.9. The van der Waals surface area contributed by atoms with Crippen molar-refractivity contribution in [1.29, 1.82) is 0 Å². The highest BCUT2D eigenvalue weighted by Gasteiger charge is 2.59. The number of hydrogen-bond acceptors (Lipinski definition) is 32. The van der Waals surface area contributed by atoms with Gasteiger partial charge < -0.3 is 160 Å². The van der Waals surface area contributed by atoms with Gasteiger partial charge in [0, 0.05) is 6.42 Å². The van der Waals surface area contributed by atoms with Crippen LogP contribution in [0.5, 0.6) is 0 Å². The van der Waals surface area contributed by atoms with Crippen LogP contribution in [-0.4, -0.2) is 329 Å². The van der Waals surface area contributed by atoms with Gasteiger partial charge in [0.25, 0.3) is 0 Å². The van der Waals surface area contributed by atoms with Crippen molar-refractivity contribution in [3.63, 3.8) is 0 Å². The first-order valence-corrected chi connectivity index (χ1v) is 23.9. The molecule has 22 saturated heterocycles. The van der Waals surface area contributed by atoms with Gasteiger partial charge in [0.05, 0.1) is 39.6 Å². The summed E-state index contributed by atoms with van der Waals surface area (Å²) >= 11 is 0. The zero-order valence-electron chi connectivity index (χ0n) is 39.4. The number of aliphatic hydroxyl groups is 17. The summed E-state index contributed by atoms with van der Waals surface area (Å²) in [6.07, 6.45) is -63.5. The van der Waals surface area contributed by atoms with E-state index in [2.05, 4.69) is 0 Å².